The molecule has 1 unspecified atom stereocenters. The van der Waals surface area contributed by atoms with Gasteiger partial charge in [-0.25, -0.2) is 8.78 Å². The van der Waals surface area contributed by atoms with E-state index in [1.807, 2.05) is 0 Å². The first kappa shape index (κ1) is 11.8. The molecule has 0 spiro atoms. The molecule has 2 heterocycles. The zero-order valence-electron chi connectivity index (χ0n) is 10.8. The minimum atomic E-state index is -0.503. The second kappa shape index (κ2) is 3.84. The Morgan fingerprint density at radius 3 is 2.89 bits per heavy atom. The van der Waals surface area contributed by atoms with Crippen LogP contribution in [-0.2, 0) is 0 Å². The van der Waals surface area contributed by atoms with Crippen molar-refractivity contribution in [3.63, 3.8) is 0 Å². The van der Waals surface area contributed by atoms with Crippen LogP contribution in [-0.4, -0.2) is 19.1 Å². The number of anilines is 2. The molecule has 1 N–H and O–H groups in total. The highest BCUT2D eigenvalue weighted by Gasteiger charge is 2.41. The van der Waals surface area contributed by atoms with Crippen LogP contribution in [0.5, 0.6) is 0 Å². The van der Waals surface area contributed by atoms with Gasteiger partial charge in [0, 0.05) is 19.2 Å². The number of nitrogens with zero attached hydrogens (tertiary/aromatic N) is 1. The first-order valence-corrected chi connectivity index (χ1v) is 6.48. The molecule has 0 aromatic heterocycles. The quantitative estimate of drug-likeness (QED) is 0.761. The number of halogens is 2. The Hall–Kier alpha value is -1.32. The van der Waals surface area contributed by atoms with E-state index in [0.29, 0.717) is 17.4 Å². The lowest BCUT2D eigenvalue weighted by molar-refractivity contribution is 0.216. The summed E-state index contributed by atoms with van der Waals surface area (Å²) in [4.78, 5) is 2.17. The number of piperidine rings is 1. The van der Waals surface area contributed by atoms with Crippen molar-refractivity contribution in [1.82, 2.24) is 0 Å². The molecule has 0 amide bonds. The largest absolute Gasteiger partial charge is 0.379 e. The topological polar surface area (TPSA) is 15.3 Å². The van der Waals surface area contributed by atoms with Crippen LogP contribution in [0.1, 0.15) is 26.7 Å². The second-order valence-electron chi connectivity index (χ2n) is 5.96. The van der Waals surface area contributed by atoms with Gasteiger partial charge in [-0.1, -0.05) is 13.8 Å². The lowest BCUT2D eigenvalue weighted by atomic mass is 9.75. The summed E-state index contributed by atoms with van der Waals surface area (Å²) in [6, 6.07) is 2.69. The van der Waals surface area contributed by atoms with Gasteiger partial charge in [0.1, 0.15) is 5.82 Å². The summed E-state index contributed by atoms with van der Waals surface area (Å²) < 4.78 is 27.2. The van der Waals surface area contributed by atoms with Crippen LogP contribution in [0.4, 0.5) is 20.2 Å². The van der Waals surface area contributed by atoms with Gasteiger partial charge in [-0.3, -0.25) is 0 Å². The zero-order valence-corrected chi connectivity index (χ0v) is 10.8. The third kappa shape index (κ3) is 1.66. The molecule has 1 fully saturated rings. The molecule has 2 nitrogen and oxygen atoms in total. The average Bonchev–Trinajstić information content (AvgIpc) is 2.28. The predicted octanol–water partition coefficient (Wildman–Crippen LogP) is 3.39. The van der Waals surface area contributed by atoms with Crippen LogP contribution in [0.15, 0.2) is 12.1 Å². The first-order valence-electron chi connectivity index (χ1n) is 6.48. The van der Waals surface area contributed by atoms with Crippen molar-refractivity contribution in [2.75, 3.05) is 23.3 Å². The molecule has 1 saturated heterocycles. The van der Waals surface area contributed by atoms with Gasteiger partial charge in [-0.05, 0) is 24.3 Å². The van der Waals surface area contributed by atoms with Gasteiger partial charge in [0.05, 0.1) is 17.4 Å². The Bertz CT molecular complexity index is 485. The first-order chi connectivity index (χ1) is 8.49. The SMILES string of the molecule is CC1(C)CCCN2c3cc(F)cc(F)c3NCC21. The van der Waals surface area contributed by atoms with E-state index in [9.17, 15) is 8.78 Å². The van der Waals surface area contributed by atoms with Gasteiger partial charge in [0.25, 0.3) is 0 Å². The zero-order chi connectivity index (χ0) is 12.9. The van der Waals surface area contributed by atoms with E-state index in [1.54, 1.807) is 0 Å². The highest BCUT2D eigenvalue weighted by molar-refractivity contribution is 5.74. The van der Waals surface area contributed by atoms with E-state index >= 15 is 0 Å². The molecule has 18 heavy (non-hydrogen) atoms. The van der Waals surface area contributed by atoms with Crippen molar-refractivity contribution in [2.24, 2.45) is 5.41 Å². The Morgan fingerprint density at radius 1 is 1.33 bits per heavy atom. The van der Waals surface area contributed by atoms with Crippen LogP contribution in [0.2, 0.25) is 0 Å². The van der Waals surface area contributed by atoms with Crippen LogP contribution in [0.25, 0.3) is 0 Å². The molecule has 1 aromatic carbocycles. The fourth-order valence-electron chi connectivity index (χ4n) is 3.28. The van der Waals surface area contributed by atoms with Crippen LogP contribution < -0.4 is 10.2 Å². The minimum absolute atomic E-state index is 0.172. The van der Waals surface area contributed by atoms with E-state index < -0.39 is 11.6 Å². The lowest BCUT2D eigenvalue weighted by Gasteiger charge is -2.51. The summed E-state index contributed by atoms with van der Waals surface area (Å²) in [5.41, 5.74) is 1.30. The molecule has 1 aromatic rings. The molecule has 0 bridgehead atoms. The Balaban J connectivity index is 2.08. The third-order valence-electron chi connectivity index (χ3n) is 4.31. The standard InChI is InChI=1S/C14H18F2N2/c1-14(2)4-3-5-18-11-7-9(15)6-10(16)13(11)17-8-12(14)18/h6-7,12,17H,3-5,8H2,1-2H3. The molecular weight excluding hydrogens is 234 g/mol. The summed E-state index contributed by atoms with van der Waals surface area (Å²) in [7, 11) is 0. The van der Waals surface area contributed by atoms with Gasteiger partial charge < -0.3 is 10.2 Å². The third-order valence-corrected chi connectivity index (χ3v) is 4.31. The summed E-state index contributed by atoms with van der Waals surface area (Å²) in [5.74, 6) is -0.996. The maximum atomic E-state index is 13.8. The normalized spacial score (nSPS) is 25.1. The van der Waals surface area contributed by atoms with E-state index in [-0.39, 0.29) is 5.41 Å². The second-order valence-corrected chi connectivity index (χ2v) is 5.96. The molecule has 2 aliphatic heterocycles. The molecule has 2 aliphatic rings. The maximum Gasteiger partial charge on any atom is 0.151 e. The number of fused-ring (bicyclic) bond motifs is 3. The van der Waals surface area contributed by atoms with E-state index in [1.165, 1.54) is 6.07 Å². The van der Waals surface area contributed by atoms with Crippen LogP contribution in [0, 0.1) is 17.0 Å². The molecule has 0 saturated carbocycles. The summed E-state index contributed by atoms with van der Waals surface area (Å²) in [6.45, 7) is 6.06. The van der Waals surface area contributed by atoms with Crippen molar-refractivity contribution in [3.8, 4) is 0 Å². The number of rotatable bonds is 0. The van der Waals surface area contributed by atoms with Gasteiger partial charge in [0.2, 0.25) is 0 Å². The van der Waals surface area contributed by atoms with Gasteiger partial charge in [-0.15, -0.1) is 0 Å². The molecule has 4 heteroatoms. The summed E-state index contributed by atoms with van der Waals surface area (Å²) in [5, 5.41) is 3.13. The van der Waals surface area contributed by atoms with Crippen molar-refractivity contribution in [2.45, 2.75) is 32.7 Å². The molecule has 0 radical (unpaired) electrons. The monoisotopic (exact) mass is 252 g/mol. The Labute approximate surface area is 106 Å². The lowest BCUT2D eigenvalue weighted by Crippen LogP contribution is -2.55. The van der Waals surface area contributed by atoms with E-state index in [4.69, 9.17) is 0 Å². The van der Waals surface area contributed by atoms with Gasteiger partial charge >= 0.3 is 0 Å². The molecule has 3 rings (SSSR count). The fraction of sp³-hybridized carbons (Fsp3) is 0.571. The maximum absolute atomic E-state index is 13.8. The van der Waals surface area contributed by atoms with E-state index in [0.717, 1.165) is 32.0 Å². The van der Waals surface area contributed by atoms with Gasteiger partial charge in [-0.2, -0.15) is 0 Å². The van der Waals surface area contributed by atoms with Crippen molar-refractivity contribution >= 4 is 11.4 Å². The summed E-state index contributed by atoms with van der Waals surface area (Å²) >= 11 is 0. The number of hydrogen-bond acceptors (Lipinski definition) is 2. The number of benzene rings is 1. The highest BCUT2D eigenvalue weighted by Crippen LogP contribution is 2.43. The Kier molecular flexibility index (Phi) is 2.50. The van der Waals surface area contributed by atoms with Crippen molar-refractivity contribution < 1.29 is 8.78 Å². The average molecular weight is 252 g/mol. The minimum Gasteiger partial charge on any atom is -0.379 e. The fourth-order valence-corrected chi connectivity index (χ4v) is 3.28. The van der Waals surface area contributed by atoms with E-state index in [2.05, 4.69) is 24.1 Å². The number of hydrogen-bond donors (Lipinski definition) is 1. The smallest absolute Gasteiger partial charge is 0.151 e. The van der Waals surface area contributed by atoms with Gasteiger partial charge in [0.15, 0.2) is 5.82 Å². The predicted molar refractivity (Wildman–Crippen MR) is 69.0 cm³/mol. The van der Waals surface area contributed by atoms with Crippen LogP contribution in [0.3, 0.4) is 0 Å². The molecule has 0 aliphatic carbocycles. The van der Waals surface area contributed by atoms with Crippen LogP contribution >= 0.6 is 0 Å². The molecule has 1 atom stereocenters. The van der Waals surface area contributed by atoms with Crippen molar-refractivity contribution in [1.29, 1.82) is 0 Å². The highest BCUT2D eigenvalue weighted by atomic mass is 19.1. The Morgan fingerprint density at radius 2 is 2.11 bits per heavy atom. The molecule has 98 valence electrons. The summed E-state index contributed by atoms with van der Waals surface area (Å²) in [6.07, 6.45) is 2.23. The van der Waals surface area contributed by atoms with Crippen molar-refractivity contribution in [3.05, 3.63) is 23.8 Å². The molecular formula is C14H18F2N2. The number of nitrogens with one attached hydrogen (secondary N) is 1.